The quantitative estimate of drug-likeness (QED) is 0.294. The summed E-state index contributed by atoms with van der Waals surface area (Å²) in [6, 6.07) is 12.7. The fourth-order valence-electron chi connectivity index (χ4n) is 5.84. The van der Waals surface area contributed by atoms with E-state index in [4.69, 9.17) is 0 Å². The van der Waals surface area contributed by atoms with E-state index in [1.54, 1.807) is 18.2 Å². The second-order valence-electron chi connectivity index (χ2n) is 10.7. The molecule has 3 aromatic heterocycles. The Morgan fingerprint density at radius 3 is 2.44 bits per heavy atom. The average molecular weight is 529 g/mol. The molecular formula is C29H33FN8O. The minimum Gasteiger partial charge on any atom is -0.371 e. The van der Waals surface area contributed by atoms with Crippen molar-refractivity contribution in [1.29, 1.82) is 0 Å². The van der Waals surface area contributed by atoms with Gasteiger partial charge in [0.25, 0.3) is 5.56 Å². The molecule has 10 heteroatoms. The summed E-state index contributed by atoms with van der Waals surface area (Å²) in [5, 5.41) is 3.56. The fraction of sp³-hybridized carbons (Fsp3) is 0.379. The van der Waals surface area contributed by atoms with Crippen LogP contribution in [0, 0.1) is 11.4 Å². The first-order chi connectivity index (χ1) is 18.9. The molecule has 0 amide bonds. The number of likely N-dealkylation sites (tertiary alicyclic amines) is 1. The predicted molar refractivity (Wildman–Crippen MR) is 151 cm³/mol. The molecule has 1 N–H and O–H groups in total. The number of nitrogens with zero attached hydrogens (tertiary/aromatic N) is 7. The van der Waals surface area contributed by atoms with Crippen LogP contribution in [0.5, 0.6) is 0 Å². The molecule has 4 aromatic rings. The van der Waals surface area contributed by atoms with Gasteiger partial charge in [-0.15, -0.1) is 6.58 Å². The van der Waals surface area contributed by atoms with Crippen molar-refractivity contribution < 1.29 is 4.39 Å². The Morgan fingerprint density at radius 2 is 1.74 bits per heavy atom. The van der Waals surface area contributed by atoms with Crippen molar-refractivity contribution in [2.75, 3.05) is 43.4 Å². The number of benzene rings is 1. The smallest absolute Gasteiger partial charge is 0.278 e. The van der Waals surface area contributed by atoms with Gasteiger partial charge in [0.15, 0.2) is 11.5 Å². The summed E-state index contributed by atoms with van der Waals surface area (Å²) in [6.07, 6.45) is 8.21. The predicted octanol–water partition coefficient (Wildman–Crippen LogP) is 4.36. The van der Waals surface area contributed by atoms with Gasteiger partial charge in [0.2, 0.25) is 11.9 Å². The zero-order valence-electron chi connectivity index (χ0n) is 22.2. The molecule has 0 aliphatic carbocycles. The van der Waals surface area contributed by atoms with E-state index in [1.165, 1.54) is 66.1 Å². The zero-order valence-corrected chi connectivity index (χ0v) is 22.2. The molecule has 1 aromatic carbocycles. The molecule has 202 valence electrons. The Balaban J connectivity index is 1.21. The van der Waals surface area contributed by atoms with Crippen LogP contribution in [0.4, 0.5) is 21.7 Å². The molecule has 9 nitrogen and oxygen atoms in total. The number of pyridine rings is 1. The maximum absolute atomic E-state index is 13.9. The first-order valence-corrected chi connectivity index (χ1v) is 13.5. The molecule has 39 heavy (non-hydrogen) atoms. The lowest BCUT2D eigenvalue weighted by Gasteiger charge is -2.46. The number of allylic oxidation sites excluding steroid dienone is 1. The van der Waals surface area contributed by atoms with E-state index in [0.717, 1.165) is 18.8 Å². The normalized spacial score (nSPS) is 17.5. The van der Waals surface area contributed by atoms with Gasteiger partial charge < -0.3 is 15.1 Å². The second-order valence-corrected chi connectivity index (χ2v) is 10.7. The maximum atomic E-state index is 13.9. The summed E-state index contributed by atoms with van der Waals surface area (Å²) in [7, 11) is 2.22. The van der Waals surface area contributed by atoms with Gasteiger partial charge in [0.1, 0.15) is 5.39 Å². The van der Waals surface area contributed by atoms with E-state index >= 15 is 0 Å². The number of fused-ring (bicyclic) bond motifs is 1. The Morgan fingerprint density at radius 1 is 1.03 bits per heavy atom. The molecule has 0 saturated carbocycles. The van der Waals surface area contributed by atoms with Gasteiger partial charge in [-0.3, -0.25) is 4.79 Å². The van der Waals surface area contributed by atoms with Gasteiger partial charge >= 0.3 is 0 Å². The lowest BCUT2D eigenvalue weighted by atomic mass is 9.71. The largest absolute Gasteiger partial charge is 0.371 e. The van der Waals surface area contributed by atoms with E-state index in [9.17, 15) is 9.18 Å². The number of anilines is 3. The van der Waals surface area contributed by atoms with Crippen molar-refractivity contribution in [3.05, 3.63) is 77.6 Å². The summed E-state index contributed by atoms with van der Waals surface area (Å²) in [6.45, 7) is 8.55. The molecule has 2 fully saturated rings. The molecule has 0 atom stereocenters. The molecule has 0 bridgehead atoms. The van der Waals surface area contributed by atoms with E-state index in [-0.39, 0.29) is 17.9 Å². The molecule has 5 heterocycles. The summed E-state index contributed by atoms with van der Waals surface area (Å²) < 4.78 is 16.9. The third-order valence-corrected chi connectivity index (χ3v) is 8.26. The highest BCUT2D eigenvalue weighted by atomic mass is 19.1. The number of hydrogen-bond acceptors (Lipinski definition) is 7. The number of nitrogens with one attached hydrogen (secondary N) is 1. The van der Waals surface area contributed by atoms with Crippen molar-refractivity contribution in [3.8, 4) is 5.82 Å². The number of aromatic nitrogens is 5. The average Bonchev–Trinajstić information content (AvgIpc) is 3.22. The van der Waals surface area contributed by atoms with Gasteiger partial charge in [-0.2, -0.15) is 9.37 Å². The standard InChI is InChI=1S/C29H33FN8O/c1-3-15-37-27(39)23-20-31-28(34-26(23)38(37)25-6-4-5-24(30)33-25)32-21-7-9-22(10-8-21)36-18-13-29(14-19-36)11-16-35(2)17-12-29/h3-10,20H,1,11-19H2,2H3,(H,31,32,34). The van der Waals surface area contributed by atoms with Gasteiger partial charge in [0.05, 0.1) is 6.54 Å². The molecular weight excluding hydrogens is 495 g/mol. The molecule has 2 aliphatic heterocycles. The topological polar surface area (TPSA) is 84.1 Å². The Labute approximate surface area is 226 Å². The van der Waals surface area contributed by atoms with Gasteiger partial charge in [-0.05, 0) is 87.6 Å². The van der Waals surface area contributed by atoms with Crippen LogP contribution >= 0.6 is 0 Å². The second kappa shape index (κ2) is 10.3. The first kappa shape index (κ1) is 25.2. The van der Waals surface area contributed by atoms with Crippen molar-refractivity contribution >= 4 is 28.4 Å². The minimum atomic E-state index is -0.644. The van der Waals surface area contributed by atoms with Crippen LogP contribution in [0.1, 0.15) is 25.7 Å². The molecule has 2 saturated heterocycles. The Kier molecular flexibility index (Phi) is 6.64. The third kappa shape index (κ3) is 4.92. The van der Waals surface area contributed by atoms with Crippen LogP contribution in [0.2, 0.25) is 0 Å². The highest BCUT2D eigenvalue weighted by Gasteiger charge is 2.36. The van der Waals surface area contributed by atoms with E-state index in [2.05, 4.69) is 55.8 Å². The first-order valence-electron chi connectivity index (χ1n) is 13.5. The molecule has 2 aliphatic rings. The van der Waals surface area contributed by atoms with Crippen LogP contribution < -0.4 is 15.8 Å². The summed E-state index contributed by atoms with van der Waals surface area (Å²) in [5.74, 6) is -0.0606. The number of rotatable bonds is 6. The monoisotopic (exact) mass is 528 g/mol. The van der Waals surface area contributed by atoms with Crippen molar-refractivity contribution in [3.63, 3.8) is 0 Å². The number of piperidine rings is 2. The Bertz CT molecular complexity index is 1540. The maximum Gasteiger partial charge on any atom is 0.278 e. The van der Waals surface area contributed by atoms with Crippen molar-refractivity contribution in [2.45, 2.75) is 32.2 Å². The molecule has 0 radical (unpaired) electrons. The van der Waals surface area contributed by atoms with Gasteiger partial charge in [-0.1, -0.05) is 12.1 Å². The van der Waals surface area contributed by atoms with Crippen molar-refractivity contribution in [2.24, 2.45) is 5.41 Å². The number of hydrogen-bond donors (Lipinski definition) is 1. The van der Waals surface area contributed by atoms with E-state index in [1.807, 2.05) is 12.1 Å². The van der Waals surface area contributed by atoms with Crippen LogP contribution in [0.25, 0.3) is 16.9 Å². The van der Waals surface area contributed by atoms with Crippen LogP contribution in [-0.4, -0.2) is 62.4 Å². The molecule has 1 spiro atoms. The summed E-state index contributed by atoms with van der Waals surface area (Å²) in [5.41, 5.74) is 2.62. The lowest BCUT2D eigenvalue weighted by Crippen LogP contribution is -2.46. The Hall–Kier alpha value is -4.05. The van der Waals surface area contributed by atoms with Gasteiger partial charge in [-0.25, -0.2) is 19.3 Å². The van der Waals surface area contributed by atoms with Gasteiger partial charge in [0, 0.05) is 30.7 Å². The summed E-state index contributed by atoms with van der Waals surface area (Å²) in [4.78, 5) is 30.9. The SMILES string of the molecule is C=CCn1c(=O)c2cnc(Nc3ccc(N4CCC5(CCN(C)CC5)CC4)cc3)nc2n1-c1cccc(F)n1. The van der Waals surface area contributed by atoms with E-state index < -0.39 is 5.95 Å². The minimum absolute atomic E-state index is 0.215. The highest BCUT2D eigenvalue weighted by molar-refractivity contribution is 5.77. The number of halogens is 1. The third-order valence-electron chi connectivity index (χ3n) is 8.26. The van der Waals surface area contributed by atoms with Crippen LogP contribution in [0.3, 0.4) is 0 Å². The van der Waals surface area contributed by atoms with Crippen LogP contribution in [0.15, 0.2) is 66.1 Å². The molecule has 6 rings (SSSR count). The van der Waals surface area contributed by atoms with E-state index in [0.29, 0.717) is 22.4 Å². The summed E-state index contributed by atoms with van der Waals surface area (Å²) >= 11 is 0. The van der Waals surface area contributed by atoms with Crippen LogP contribution in [-0.2, 0) is 6.54 Å². The molecule has 0 unspecified atom stereocenters. The highest BCUT2D eigenvalue weighted by Crippen LogP contribution is 2.42. The fourth-order valence-corrected chi connectivity index (χ4v) is 5.84. The van der Waals surface area contributed by atoms with Crippen molar-refractivity contribution in [1.82, 2.24) is 29.2 Å². The lowest BCUT2D eigenvalue weighted by molar-refractivity contribution is 0.0945. The zero-order chi connectivity index (χ0) is 27.0.